The third kappa shape index (κ3) is 4.74. The third-order valence-corrected chi connectivity index (χ3v) is 3.40. The van der Waals surface area contributed by atoms with Crippen molar-refractivity contribution in [3.63, 3.8) is 0 Å². The number of rotatable bonds is 3. The lowest BCUT2D eigenvalue weighted by atomic mass is 10.4. The smallest absolute Gasteiger partial charge is 0.204 e. The molecule has 0 aliphatic heterocycles. The molecule has 0 aliphatic rings. The molecule has 0 rings (SSSR count). The molecular formula is C4H11NO2S2. The van der Waals surface area contributed by atoms with E-state index in [2.05, 4.69) is 4.72 Å². The molecule has 0 amide bonds. The average molecular weight is 169 g/mol. The summed E-state index contributed by atoms with van der Waals surface area (Å²) in [5.74, 6) is 0. The standard InChI is InChI=1S/C4H11NO2S2/c1-4(2)5-9(6,7)8-3/h4-5H,1-3H3. The van der Waals surface area contributed by atoms with Gasteiger partial charge >= 0.3 is 0 Å². The lowest BCUT2D eigenvalue weighted by Gasteiger charge is -2.04. The van der Waals surface area contributed by atoms with Crippen LogP contribution in [-0.4, -0.2) is 20.7 Å². The third-order valence-electron chi connectivity index (χ3n) is 0.599. The Hall–Kier alpha value is 0.260. The second-order valence-corrected chi connectivity index (χ2v) is 5.69. The molecule has 9 heavy (non-hydrogen) atoms. The lowest BCUT2D eigenvalue weighted by Crippen LogP contribution is -2.27. The van der Waals surface area contributed by atoms with Gasteiger partial charge in [-0.15, -0.1) is 0 Å². The van der Waals surface area contributed by atoms with Gasteiger partial charge in [0.2, 0.25) is 0 Å². The molecule has 0 bridgehead atoms. The summed E-state index contributed by atoms with van der Waals surface area (Å²) in [6, 6.07) is -0.0116. The summed E-state index contributed by atoms with van der Waals surface area (Å²) in [6.07, 6.45) is 1.53. The van der Waals surface area contributed by atoms with Gasteiger partial charge < -0.3 is 0 Å². The molecule has 5 heteroatoms. The lowest BCUT2D eigenvalue weighted by molar-refractivity contribution is 0.586. The van der Waals surface area contributed by atoms with Gasteiger partial charge in [-0.05, 0) is 30.9 Å². The molecule has 0 saturated heterocycles. The van der Waals surface area contributed by atoms with Crippen LogP contribution >= 0.6 is 10.8 Å². The SMILES string of the molecule is CSS(=O)(=O)NC(C)C. The Kier molecular flexibility index (Phi) is 3.53. The molecule has 0 aromatic carbocycles. The van der Waals surface area contributed by atoms with E-state index in [1.54, 1.807) is 13.8 Å². The molecule has 0 aromatic rings. The van der Waals surface area contributed by atoms with Crippen LogP contribution in [-0.2, 0) is 9.06 Å². The maximum absolute atomic E-state index is 10.7. The van der Waals surface area contributed by atoms with Crippen LogP contribution in [0.3, 0.4) is 0 Å². The molecule has 0 aliphatic carbocycles. The summed E-state index contributed by atoms with van der Waals surface area (Å²) >= 11 is 0. The molecule has 0 spiro atoms. The minimum atomic E-state index is -3.05. The van der Waals surface area contributed by atoms with Crippen molar-refractivity contribution in [1.82, 2.24) is 4.72 Å². The highest BCUT2D eigenvalue weighted by Gasteiger charge is 2.07. The van der Waals surface area contributed by atoms with Gasteiger partial charge in [0.05, 0.1) is 0 Å². The Morgan fingerprint density at radius 3 is 2.00 bits per heavy atom. The highest BCUT2D eigenvalue weighted by molar-refractivity contribution is 8.71. The number of hydrogen-bond donors (Lipinski definition) is 1. The highest BCUT2D eigenvalue weighted by Crippen LogP contribution is 2.03. The number of hydrogen-bond acceptors (Lipinski definition) is 3. The molecular weight excluding hydrogens is 158 g/mol. The molecule has 1 N–H and O–H groups in total. The van der Waals surface area contributed by atoms with Crippen LogP contribution in [0.25, 0.3) is 0 Å². The quantitative estimate of drug-likeness (QED) is 0.629. The Bertz CT molecular complexity index is 161. The van der Waals surface area contributed by atoms with Gasteiger partial charge in [0, 0.05) is 6.04 Å². The second kappa shape index (κ2) is 3.43. The second-order valence-electron chi connectivity index (χ2n) is 1.89. The highest BCUT2D eigenvalue weighted by atomic mass is 33.1. The molecule has 0 unspecified atom stereocenters. The van der Waals surface area contributed by atoms with Crippen LogP contribution in [0.4, 0.5) is 0 Å². The van der Waals surface area contributed by atoms with Gasteiger partial charge in [0.1, 0.15) is 0 Å². The van der Waals surface area contributed by atoms with E-state index < -0.39 is 9.06 Å². The minimum absolute atomic E-state index is 0.0116. The first-order chi connectivity index (χ1) is 3.98. The van der Waals surface area contributed by atoms with Crippen LogP contribution in [0.2, 0.25) is 0 Å². The summed E-state index contributed by atoms with van der Waals surface area (Å²) in [5, 5.41) is 0. The Balaban J connectivity index is 3.90. The fourth-order valence-electron chi connectivity index (χ4n) is 0.337. The largest absolute Gasteiger partial charge is 0.264 e. The molecule has 0 atom stereocenters. The van der Waals surface area contributed by atoms with Gasteiger partial charge in [-0.2, -0.15) is 0 Å². The molecule has 56 valence electrons. The van der Waals surface area contributed by atoms with Gasteiger partial charge in [0.25, 0.3) is 9.06 Å². The summed E-state index contributed by atoms with van der Waals surface area (Å²) in [5.41, 5.74) is 0. The maximum atomic E-state index is 10.7. The maximum Gasteiger partial charge on any atom is 0.264 e. The van der Waals surface area contributed by atoms with Gasteiger partial charge in [-0.3, -0.25) is 0 Å². The van der Waals surface area contributed by atoms with E-state index in [9.17, 15) is 8.42 Å². The Morgan fingerprint density at radius 2 is 1.89 bits per heavy atom. The Labute approximate surface area is 59.7 Å². The van der Waals surface area contributed by atoms with E-state index in [1.165, 1.54) is 6.26 Å². The van der Waals surface area contributed by atoms with E-state index in [1.807, 2.05) is 0 Å². The zero-order chi connectivity index (χ0) is 7.49. The van der Waals surface area contributed by atoms with E-state index in [-0.39, 0.29) is 6.04 Å². The summed E-state index contributed by atoms with van der Waals surface area (Å²) in [7, 11) is -2.24. The monoisotopic (exact) mass is 169 g/mol. The first kappa shape index (κ1) is 9.26. The molecule has 3 nitrogen and oxygen atoms in total. The fraction of sp³-hybridized carbons (Fsp3) is 1.00. The zero-order valence-electron chi connectivity index (χ0n) is 5.71. The van der Waals surface area contributed by atoms with E-state index in [0.717, 1.165) is 10.8 Å². The fourth-order valence-corrected chi connectivity index (χ4v) is 1.88. The zero-order valence-corrected chi connectivity index (χ0v) is 7.34. The Morgan fingerprint density at radius 1 is 1.44 bits per heavy atom. The van der Waals surface area contributed by atoms with Gasteiger partial charge in [-0.1, -0.05) is 0 Å². The first-order valence-electron chi connectivity index (χ1n) is 2.56. The van der Waals surface area contributed by atoms with Crippen molar-refractivity contribution >= 4 is 19.8 Å². The van der Waals surface area contributed by atoms with E-state index in [0.29, 0.717) is 0 Å². The predicted octanol–water partition coefficient (Wildman–Crippen LogP) is 0.592. The first-order valence-corrected chi connectivity index (χ1v) is 5.78. The van der Waals surface area contributed by atoms with Crippen molar-refractivity contribution in [1.29, 1.82) is 0 Å². The van der Waals surface area contributed by atoms with Gasteiger partial charge in [0.15, 0.2) is 0 Å². The van der Waals surface area contributed by atoms with Crippen molar-refractivity contribution in [2.45, 2.75) is 19.9 Å². The van der Waals surface area contributed by atoms with Crippen LogP contribution in [0.15, 0.2) is 0 Å². The van der Waals surface area contributed by atoms with Crippen LogP contribution < -0.4 is 4.72 Å². The summed E-state index contributed by atoms with van der Waals surface area (Å²) in [6.45, 7) is 3.57. The van der Waals surface area contributed by atoms with Gasteiger partial charge in [-0.25, -0.2) is 13.1 Å². The van der Waals surface area contributed by atoms with Crippen molar-refractivity contribution in [2.75, 3.05) is 6.26 Å². The van der Waals surface area contributed by atoms with E-state index in [4.69, 9.17) is 0 Å². The molecule has 0 aromatic heterocycles. The minimum Gasteiger partial charge on any atom is -0.204 e. The van der Waals surface area contributed by atoms with Crippen molar-refractivity contribution < 1.29 is 8.42 Å². The average Bonchev–Trinajstić information content (AvgIpc) is 1.63. The normalized spacial score (nSPS) is 12.4. The van der Waals surface area contributed by atoms with Crippen molar-refractivity contribution in [3.05, 3.63) is 0 Å². The van der Waals surface area contributed by atoms with Crippen LogP contribution in [0.1, 0.15) is 13.8 Å². The molecule has 0 heterocycles. The van der Waals surface area contributed by atoms with Crippen LogP contribution in [0, 0.1) is 0 Å². The predicted molar refractivity (Wildman–Crippen MR) is 40.7 cm³/mol. The number of nitrogens with one attached hydrogen (secondary N) is 1. The molecule has 0 fully saturated rings. The van der Waals surface area contributed by atoms with Crippen molar-refractivity contribution in [2.24, 2.45) is 0 Å². The molecule has 0 radical (unpaired) electrons. The summed E-state index contributed by atoms with van der Waals surface area (Å²) < 4.78 is 23.7. The molecule has 0 saturated carbocycles. The van der Waals surface area contributed by atoms with Crippen LogP contribution in [0.5, 0.6) is 0 Å². The topological polar surface area (TPSA) is 46.2 Å². The summed E-state index contributed by atoms with van der Waals surface area (Å²) in [4.78, 5) is 0. The van der Waals surface area contributed by atoms with E-state index >= 15 is 0 Å². The van der Waals surface area contributed by atoms with Crippen molar-refractivity contribution in [3.8, 4) is 0 Å².